The largest absolute Gasteiger partial charge is 0.492 e. The van der Waals surface area contributed by atoms with Gasteiger partial charge in [0.15, 0.2) is 11.4 Å². The highest BCUT2D eigenvalue weighted by molar-refractivity contribution is 5.92. The molecule has 0 bridgehead atoms. The molecule has 88 valence electrons. The molecule has 0 spiro atoms. The van der Waals surface area contributed by atoms with Crippen LogP contribution in [0.1, 0.15) is 29.2 Å². The zero-order valence-electron chi connectivity index (χ0n) is 9.35. The van der Waals surface area contributed by atoms with Crippen molar-refractivity contribution in [1.29, 1.82) is 0 Å². The second-order valence-corrected chi connectivity index (χ2v) is 3.19. The Hall–Kier alpha value is -1.82. The fraction of sp³-hybridized carbons (Fsp3) is 0.400. The molecule has 1 rings (SSSR count). The van der Waals surface area contributed by atoms with E-state index in [0.717, 1.165) is 0 Å². The van der Waals surface area contributed by atoms with Crippen LogP contribution in [-0.2, 0) is 4.74 Å². The second-order valence-electron chi connectivity index (χ2n) is 3.19. The van der Waals surface area contributed by atoms with Crippen LogP contribution >= 0.6 is 0 Å². The molecule has 1 aromatic rings. The maximum Gasteiger partial charge on any atom is 0.360 e. The van der Waals surface area contributed by atoms with E-state index in [9.17, 15) is 9.90 Å². The van der Waals surface area contributed by atoms with Crippen LogP contribution < -0.4 is 10.5 Å². The lowest BCUT2D eigenvalue weighted by molar-refractivity contribution is 0.0589. The van der Waals surface area contributed by atoms with Crippen molar-refractivity contribution in [3.8, 4) is 5.75 Å². The molecule has 16 heavy (non-hydrogen) atoms. The van der Waals surface area contributed by atoms with Crippen molar-refractivity contribution >= 4 is 11.7 Å². The van der Waals surface area contributed by atoms with Crippen LogP contribution in [0.25, 0.3) is 0 Å². The summed E-state index contributed by atoms with van der Waals surface area (Å²) >= 11 is 0. The van der Waals surface area contributed by atoms with E-state index in [1.54, 1.807) is 0 Å². The maximum absolute atomic E-state index is 11.4. The van der Waals surface area contributed by atoms with Gasteiger partial charge in [-0.3, -0.25) is 0 Å². The van der Waals surface area contributed by atoms with Crippen LogP contribution in [0.5, 0.6) is 5.75 Å². The second kappa shape index (κ2) is 4.80. The number of hydrogen-bond donors (Lipinski definition) is 2. The van der Waals surface area contributed by atoms with E-state index in [2.05, 4.69) is 9.72 Å². The number of nitrogens with two attached hydrogens (primary N) is 1. The van der Waals surface area contributed by atoms with Gasteiger partial charge in [0, 0.05) is 0 Å². The van der Waals surface area contributed by atoms with E-state index < -0.39 is 12.1 Å². The normalized spacial score (nSPS) is 12.0. The molecule has 0 aliphatic carbocycles. The molecule has 0 aliphatic heterocycles. The number of carbonyl (C=O) groups excluding carboxylic acids is 1. The molecule has 1 aromatic heterocycles. The van der Waals surface area contributed by atoms with E-state index >= 15 is 0 Å². The first kappa shape index (κ1) is 12.3. The quantitative estimate of drug-likeness (QED) is 0.729. The minimum atomic E-state index is -0.823. The first-order valence-electron chi connectivity index (χ1n) is 4.62. The fourth-order valence-electron chi connectivity index (χ4n) is 1.24. The van der Waals surface area contributed by atoms with Gasteiger partial charge in [-0.05, 0) is 13.0 Å². The summed E-state index contributed by atoms with van der Waals surface area (Å²) in [6, 6.07) is 1.45. The van der Waals surface area contributed by atoms with Crippen LogP contribution in [0.4, 0.5) is 5.69 Å². The molecule has 0 saturated carbocycles. The molecule has 0 aromatic carbocycles. The lowest BCUT2D eigenvalue weighted by Crippen LogP contribution is -2.11. The first-order valence-corrected chi connectivity index (χ1v) is 4.62. The Morgan fingerprint density at radius 1 is 1.56 bits per heavy atom. The number of nitrogens with zero attached hydrogens (tertiary/aromatic N) is 1. The molecule has 0 amide bonds. The average Bonchev–Trinajstić information content (AvgIpc) is 2.26. The highest BCUT2D eigenvalue weighted by Gasteiger charge is 2.20. The number of aromatic nitrogens is 1. The van der Waals surface area contributed by atoms with Crippen molar-refractivity contribution in [1.82, 2.24) is 4.98 Å². The van der Waals surface area contributed by atoms with Crippen LogP contribution in [0.3, 0.4) is 0 Å². The predicted octanol–water partition coefficient (Wildman–Crippen LogP) is 0.512. The summed E-state index contributed by atoms with van der Waals surface area (Å²) in [5.41, 5.74) is 6.16. The number of anilines is 1. The first-order chi connectivity index (χ1) is 7.51. The Balaban J connectivity index is 3.36. The topological polar surface area (TPSA) is 94.7 Å². The summed E-state index contributed by atoms with van der Waals surface area (Å²) in [5, 5.41) is 9.38. The van der Waals surface area contributed by atoms with Gasteiger partial charge in [-0.25, -0.2) is 9.78 Å². The molecule has 1 atom stereocenters. The zero-order valence-corrected chi connectivity index (χ0v) is 9.35. The Morgan fingerprint density at radius 2 is 2.19 bits per heavy atom. The van der Waals surface area contributed by atoms with Gasteiger partial charge in [0.05, 0.1) is 31.7 Å². The number of aliphatic hydroxyl groups excluding tert-OH is 1. The lowest BCUT2D eigenvalue weighted by atomic mass is 10.2. The van der Waals surface area contributed by atoms with E-state index in [-0.39, 0.29) is 17.1 Å². The smallest absolute Gasteiger partial charge is 0.360 e. The summed E-state index contributed by atoms with van der Waals surface area (Å²) in [6.45, 7) is 1.52. The third-order valence-electron chi connectivity index (χ3n) is 2.03. The third kappa shape index (κ3) is 2.22. The van der Waals surface area contributed by atoms with Crippen molar-refractivity contribution in [2.75, 3.05) is 20.0 Å². The zero-order chi connectivity index (χ0) is 12.3. The Kier molecular flexibility index (Phi) is 3.68. The summed E-state index contributed by atoms with van der Waals surface area (Å²) < 4.78 is 9.51. The number of hydrogen-bond acceptors (Lipinski definition) is 6. The van der Waals surface area contributed by atoms with Crippen molar-refractivity contribution in [2.24, 2.45) is 0 Å². The Bertz CT molecular complexity index is 404. The molecule has 0 radical (unpaired) electrons. The van der Waals surface area contributed by atoms with E-state index in [1.807, 2.05) is 0 Å². The average molecular weight is 226 g/mol. The minimum absolute atomic E-state index is 0.0408. The number of esters is 1. The van der Waals surface area contributed by atoms with Crippen molar-refractivity contribution in [3.05, 3.63) is 17.5 Å². The molecule has 0 unspecified atom stereocenters. The van der Waals surface area contributed by atoms with Gasteiger partial charge in [0.25, 0.3) is 0 Å². The minimum Gasteiger partial charge on any atom is -0.492 e. The highest BCUT2D eigenvalue weighted by Crippen LogP contribution is 2.28. The molecular formula is C10H14N2O4. The number of methoxy groups -OCH3 is 2. The molecule has 3 N–H and O–H groups in total. The number of ether oxygens (including phenoxy) is 2. The monoisotopic (exact) mass is 226 g/mol. The molecular weight excluding hydrogens is 212 g/mol. The number of carbonyl (C=O) groups is 1. The standard InChI is InChI=1S/C10H14N2O4/c1-5(13)7-4-6(11)9(15-2)8(12-7)10(14)16-3/h4-5,13H,1-3H3,(H2,11,12)/t5-/m0/s1. The van der Waals surface area contributed by atoms with Gasteiger partial charge in [-0.2, -0.15) is 0 Å². The summed E-state index contributed by atoms with van der Waals surface area (Å²) in [6.07, 6.45) is -0.823. The van der Waals surface area contributed by atoms with E-state index in [1.165, 1.54) is 27.2 Å². The number of rotatable bonds is 3. The molecule has 1 heterocycles. The van der Waals surface area contributed by atoms with Crippen molar-refractivity contribution in [3.63, 3.8) is 0 Å². The molecule has 0 aliphatic rings. The van der Waals surface area contributed by atoms with Crippen LogP contribution in [0.2, 0.25) is 0 Å². The van der Waals surface area contributed by atoms with Gasteiger partial charge in [0.1, 0.15) is 0 Å². The van der Waals surface area contributed by atoms with Crippen LogP contribution in [0.15, 0.2) is 6.07 Å². The summed E-state index contributed by atoms with van der Waals surface area (Å²) in [4.78, 5) is 15.4. The van der Waals surface area contributed by atoms with Gasteiger partial charge < -0.3 is 20.3 Å². The van der Waals surface area contributed by atoms with E-state index in [4.69, 9.17) is 10.5 Å². The fourth-order valence-corrected chi connectivity index (χ4v) is 1.24. The number of nitrogen functional groups attached to an aromatic ring is 1. The number of aliphatic hydroxyl groups is 1. The molecule has 0 fully saturated rings. The van der Waals surface area contributed by atoms with Crippen LogP contribution in [0, 0.1) is 0 Å². The predicted molar refractivity (Wildman–Crippen MR) is 57.2 cm³/mol. The Labute approximate surface area is 93.0 Å². The van der Waals surface area contributed by atoms with Crippen molar-refractivity contribution < 1.29 is 19.4 Å². The number of pyridine rings is 1. The lowest BCUT2D eigenvalue weighted by Gasteiger charge is -2.12. The third-order valence-corrected chi connectivity index (χ3v) is 2.03. The molecule has 6 nitrogen and oxygen atoms in total. The van der Waals surface area contributed by atoms with E-state index in [0.29, 0.717) is 5.69 Å². The summed E-state index contributed by atoms with van der Waals surface area (Å²) in [5.74, 6) is -0.512. The maximum atomic E-state index is 11.4. The SMILES string of the molecule is COC(=O)c1nc([C@H](C)O)cc(N)c1OC. The molecule has 0 saturated heterocycles. The van der Waals surface area contributed by atoms with Gasteiger partial charge >= 0.3 is 5.97 Å². The van der Waals surface area contributed by atoms with Gasteiger partial charge in [-0.1, -0.05) is 0 Å². The van der Waals surface area contributed by atoms with Crippen LogP contribution in [-0.4, -0.2) is 30.3 Å². The highest BCUT2D eigenvalue weighted by atomic mass is 16.5. The van der Waals surface area contributed by atoms with Crippen molar-refractivity contribution in [2.45, 2.75) is 13.0 Å². The molecule has 6 heteroatoms. The van der Waals surface area contributed by atoms with Gasteiger partial charge in [0.2, 0.25) is 0 Å². The Morgan fingerprint density at radius 3 is 2.62 bits per heavy atom. The van der Waals surface area contributed by atoms with Gasteiger partial charge in [-0.15, -0.1) is 0 Å². The summed E-state index contributed by atoms with van der Waals surface area (Å²) in [7, 11) is 2.61.